The molecule has 137 valence electrons. The topological polar surface area (TPSA) is 26.3 Å². The van der Waals surface area contributed by atoms with E-state index in [1.54, 1.807) is 0 Å². The van der Waals surface area contributed by atoms with Gasteiger partial charge in [-0.25, -0.2) is 0 Å². The third kappa shape index (κ3) is 15.5. The van der Waals surface area contributed by atoms with Gasteiger partial charge in [-0.1, -0.05) is 71.1 Å². The van der Waals surface area contributed by atoms with E-state index in [-0.39, 0.29) is 0 Å². The largest absolute Gasteiger partial charge is 0.414 e. The summed E-state index contributed by atoms with van der Waals surface area (Å²) in [7, 11) is -0.610. The predicted octanol–water partition coefficient (Wildman–Crippen LogP) is 6.60. The van der Waals surface area contributed by atoms with Gasteiger partial charge < -0.3 is 4.43 Å². The van der Waals surface area contributed by atoms with Crippen LogP contribution in [0.1, 0.15) is 91.9 Å². The van der Waals surface area contributed by atoms with Crippen molar-refractivity contribution in [3.63, 3.8) is 0 Å². The van der Waals surface area contributed by atoms with Gasteiger partial charge in [-0.3, -0.25) is 4.79 Å². The first-order valence-electron chi connectivity index (χ1n) is 9.80. The smallest absolute Gasteiger partial charge is 0.211 e. The highest BCUT2D eigenvalue weighted by atomic mass is 32.2. The molecule has 4 heteroatoms. The Morgan fingerprint density at radius 3 is 2.13 bits per heavy atom. The molecule has 0 heterocycles. The molecule has 2 nitrogen and oxygen atoms in total. The van der Waals surface area contributed by atoms with E-state index >= 15 is 0 Å². The zero-order chi connectivity index (χ0) is 17.3. The fourth-order valence-electron chi connectivity index (χ4n) is 2.48. The fraction of sp³-hybridized carbons (Fsp3) is 0.947. The highest BCUT2D eigenvalue weighted by molar-refractivity contribution is 8.13. The Morgan fingerprint density at radius 2 is 1.57 bits per heavy atom. The van der Waals surface area contributed by atoms with Gasteiger partial charge in [0, 0.05) is 18.3 Å². The second kappa shape index (κ2) is 17.0. The number of unbranched alkanes of at least 4 members (excludes halogenated alkanes) is 4. The van der Waals surface area contributed by atoms with Gasteiger partial charge in [0.15, 0.2) is 5.12 Å². The van der Waals surface area contributed by atoms with Crippen molar-refractivity contribution in [3.8, 4) is 0 Å². The lowest BCUT2D eigenvalue weighted by Gasteiger charge is -2.20. The molecule has 0 bridgehead atoms. The van der Waals surface area contributed by atoms with Crippen LogP contribution in [0, 0.1) is 0 Å². The summed E-state index contributed by atoms with van der Waals surface area (Å²) in [6.07, 6.45) is 11.9. The summed E-state index contributed by atoms with van der Waals surface area (Å²) in [5, 5.41) is 0.377. The quantitative estimate of drug-likeness (QED) is 0.229. The second-order valence-corrected chi connectivity index (χ2v) is 9.96. The van der Waals surface area contributed by atoms with Crippen LogP contribution in [-0.2, 0) is 9.22 Å². The van der Waals surface area contributed by atoms with Crippen LogP contribution in [0.25, 0.3) is 0 Å². The minimum atomic E-state index is -0.610. The Balaban J connectivity index is 3.76. The molecule has 0 spiro atoms. The second-order valence-electron chi connectivity index (χ2n) is 6.49. The lowest BCUT2D eigenvalue weighted by atomic mass is 10.2. The average molecular weight is 360 g/mol. The van der Waals surface area contributed by atoms with Gasteiger partial charge in [0.2, 0.25) is 9.04 Å². The zero-order valence-electron chi connectivity index (χ0n) is 16.0. The van der Waals surface area contributed by atoms with Gasteiger partial charge in [-0.2, -0.15) is 0 Å². The van der Waals surface area contributed by atoms with E-state index in [1.165, 1.54) is 62.4 Å². The molecular formula is C19H39O2SSi. The molecule has 1 atom stereocenters. The SMILES string of the molecule is CCCCCC(=O)SCCCC(C)O[Si](CCCC)CCCC. The first kappa shape index (κ1) is 23.2. The maximum Gasteiger partial charge on any atom is 0.211 e. The van der Waals surface area contributed by atoms with E-state index in [4.69, 9.17) is 4.43 Å². The molecule has 1 unspecified atom stereocenters. The van der Waals surface area contributed by atoms with E-state index < -0.39 is 9.04 Å². The minimum Gasteiger partial charge on any atom is -0.414 e. The van der Waals surface area contributed by atoms with Gasteiger partial charge in [0.25, 0.3) is 0 Å². The molecule has 0 aliphatic carbocycles. The molecule has 0 amide bonds. The molecule has 0 aliphatic rings. The van der Waals surface area contributed by atoms with Gasteiger partial charge in [0.05, 0.1) is 0 Å². The van der Waals surface area contributed by atoms with Crippen molar-refractivity contribution in [3.05, 3.63) is 0 Å². The van der Waals surface area contributed by atoms with Crippen LogP contribution in [0.4, 0.5) is 0 Å². The van der Waals surface area contributed by atoms with Crippen molar-refractivity contribution in [2.75, 3.05) is 5.75 Å². The van der Waals surface area contributed by atoms with Crippen molar-refractivity contribution in [1.29, 1.82) is 0 Å². The Labute approximate surface area is 151 Å². The van der Waals surface area contributed by atoms with Crippen LogP contribution in [-0.4, -0.2) is 26.0 Å². The highest BCUT2D eigenvalue weighted by Crippen LogP contribution is 2.17. The van der Waals surface area contributed by atoms with Crippen molar-refractivity contribution in [1.82, 2.24) is 0 Å². The summed E-state index contributed by atoms with van der Waals surface area (Å²) in [4.78, 5) is 11.7. The van der Waals surface area contributed by atoms with Crippen LogP contribution in [0.3, 0.4) is 0 Å². The Bertz CT molecular complexity index is 266. The summed E-state index contributed by atoms with van der Waals surface area (Å²) < 4.78 is 6.35. The number of hydrogen-bond donors (Lipinski definition) is 0. The standard InChI is InChI=1S/C19H39O2SSi/c1-5-8-11-14-19(20)22-15-12-13-18(4)21-23(16-9-6-2)17-10-7-3/h18H,5-17H2,1-4H3. The highest BCUT2D eigenvalue weighted by Gasteiger charge is 2.15. The number of rotatable bonds is 16. The van der Waals surface area contributed by atoms with Crippen molar-refractivity contribution >= 4 is 25.9 Å². The molecule has 0 rings (SSSR count). The van der Waals surface area contributed by atoms with Gasteiger partial charge in [0.1, 0.15) is 0 Å². The minimum absolute atomic E-state index is 0.369. The average Bonchev–Trinajstić information content (AvgIpc) is 2.54. The third-order valence-electron chi connectivity index (χ3n) is 3.99. The van der Waals surface area contributed by atoms with E-state index in [0.717, 1.165) is 31.4 Å². The maximum absolute atomic E-state index is 11.7. The normalized spacial score (nSPS) is 12.7. The molecule has 0 aliphatic heterocycles. The predicted molar refractivity (Wildman–Crippen MR) is 107 cm³/mol. The molecule has 0 N–H and O–H groups in total. The molecule has 23 heavy (non-hydrogen) atoms. The third-order valence-corrected chi connectivity index (χ3v) is 7.57. The molecule has 1 radical (unpaired) electrons. The first-order valence-corrected chi connectivity index (χ1v) is 12.6. The van der Waals surface area contributed by atoms with Gasteiger partial charge in [-0.05, 0) is 38.3 Å². The van der Waals surface area contributed by atoms with Crippen LogP contribution in [0.15, 0.2) is 0 Å². The Morgan fingerprint density at radius 1 is 0.957 bits per heavy atom. The van der Waals surface area contributed by atoms with Crippen molar-refractivity contribution in [2.24, 2.45) is 0 Å². The first-order chi connectivity index (χ1) is 11.1. The number of carbonyl (C=O) groups excluding carboxylic acids is 1. The van der Waals surface area contributed by atoms with Gasteiger partial charge in [-0.15, -0.1) is 0 Å². The molecule has 0 aromatic rings. The lowest BCUT2D eigenvalue weighted by molar-refractivity contribution is -0.111. The molecule has 0 fully saturated rings. The number of carbonyl (C=O) groups is 1. The monoisotopic (exact) mass is 359 g/mol. The fourth-order valence-corrected chi connectivity index (χ4v) is 5.98. The van der Waals surface area contributed by atoms with Crippen LogP contribution >= 0.6 is 11.8 Å². The zero-order valence-corrected chi connectivity index (χ0v) is 17.8. The molecule has 0 saturated heterocycles. The Kier molecular flexibility index (Phi) is 17.2. The van der Waals surface area contributed by atoms with Crippen LogP contribution in [0.2, 0.25) is 12.1 Å². The van der Waals surface area contributed by atoms with Gasteiger partial charge >= 0.3 is 0 Å². The van der Waals surface area contributed by atoms with E-state index in [2.05, 4.69) is 27.7 Å². The summed E-state index contributed by atoms with van der Waals surface area (Å²) in [6.45, 7) is 8.92. The molecule has 0 saturated carbocycles. The maximum atomic E-state index is 11.7. The summed E-state index contributed by atoms with van der Waals surface area (Å²) in [5.74, 6) is 0.963. The Hall–Kier alpha value is 0.197. The summed E-state index contributed by atoms with van der Waals surface area (Å²) in [5.41, 5.74) is 0. The lowest BCUT2D eigenvalue weighted by Crippen LogP contribution is -2.24. The summed E-state index contributed by atoms with van der Waals surface area (Å²) in [6, 6.07) is 2.60. The van der Waals surface area contributed by atoms with Crippen LogP contribution in [0.5, 0.6) is 0 Å². The van der Waals surface area contributed by atoms with Crippen molar-refractivity contribution < 1.29 is 9.22 Å². The summed E-state index contributed by atoms with van der Waals surface area (Å²) >= 11 is 1.53. The number of hydrogen-bond acceptors (Lipinski definition) is 3. The molecular weight excluding hydrogens is 320 g/mol. The van der Waals surface area contributed by atoms with E-state index in [0.29, 0.717) is 11.2 Å². The van der Waals surface area contributed by atoms with Crippen LogP contribution < -0.4 is 0 Å². The molecule has 0 aromatic heterocycles. The van der Waals surface area contributed by atoms with E-state index in [1.807, 2.05) is 0 Å². The van der Waals surface area contributed by atoms with Crippen molar-refractivity contribution in [2.45, 2.75) is 110 Å². The van der Waals surface area contributed by atoms with E-state index in [9.17, 15) is 4.79 Å². The number of thioether (sulfide) groups is 1. The molecule has 0 aromatic carbocycles.